The molecule has 0 aliphatic carbocycles. The third-order valence-corrected chi connectivity index (χ3v) is 3.33. The number of hydrogen-bond acceptors (Lipinski definition) is 3. The van der Waals surface area contributed by atoms with Gasteiger partial charge in [-0.3, -0.25) is 0 Å². The molecule has 2 atom stereocenters. The molecule has 0 amide bonds. The van der Waals surface area contributed by atoms with Gasteiger partial charge in [0.05, 0.1) is 24.9 Å². The molecule has 0 heterocycles. The van der Waals surface area contributed by atoms with Crippen LogP contribution in [0.2, 0.25) is 0 Å². The number of ether oxygens (including phenoxy) is 2. The molecule has 0 saturated heterocycles. The summed E-state index contributed by atoms with van der Waals surface area (Å²) in [5, 5.41) is 0. The van der Waals surface area contributed by atoms with Gasteiger partial charge in [0.1, 0.15) is 0 Å². The normalized spacial score (nSPS) is 15.3. The SMILES string of the molecule is CC(N)C(OCCOC(C)(C)C)c1ccccc1Br. The minimum atomic E-state index is -0.138. The Bertz CT molecular complexity index is 388. The highest BCUT2D eigenvalue weighted by molar-refractivity contribution is 9.10. The molecule has 2 N–H and O–H groups in total. The van der Waals surface area contributed by atoms with Gasteiger partial charge in [-0.2, -0.15) is 0 Å². The van der Waals surface area contributed by atoms with E-state index in [0.717, 1.165) is 10.0 Å². The summed E-state index contributed by atoms with van der Waals surface area (Å²) < 4.78 is 12.6. The van der Waals surface area contributed by atoms with Gasteiger partial charge in [-0.25, -0.2) is 0 Å². The van der Waals surface area contributed by atoms with E-state index in [1.54, 1.807) is 0 Å². The fraction of sp³-hybridized carbons (Fsp3) is 0.600. The van der Waals surface area contributed by atoms with Crippen LogP contribution in [0.1, 0.15) is 39.4 Å². The van der Waals surface area contributed by atoms with Crippen LogP contribution >= 0.6 is 15.9 Å². The van der Waals surface area contributed by atoms with E-state index in [-0.39, 0.29) is 17.7 Å². The molecule has 0 radical (unpaired) electrons. The smallest absolute Gasteiger partial charge is 0.0985 e. The van der Waals surface area contributed by atoms with E-state index in [0.29, 0.717) is 13.2 Å². The highest BCUT2D eigenvalue weighted by Crippen LogP contribution is 2.27. The molecule has 1 aromatic carbocycles. The molecule has 3 nitrogen and oxygen atoms in total. The summed E-state index contributed by atoms with van der Waals surface area (Å²) in [5.41, 5.74) is 6.96. The van der Waals surface area contributed by atoms with Gasteiger partial charge < -0.3 is 15.2 Å². The molecule has 0 aromatic heterocycles. The third kappa shape index (κ3) is 6.04. The fourth-order valence-electron chi connectivity index (χ4n) is 1.75. The quantitative estimate of drug-likeness (QED) is 0.810. The monoisotopic (exact) mass is 329 g/mol. The van der Waals surface area contributed by atoms with E-state index >= 15 is 0 Å². The summed E-state index contributed by atoms with van der Waals surface area (Å²) in [6, 6.07) is 7.93. The molecule has 1 aromatic rings. The molecule has 19 heavy (non-hydrogen) atoms. The zero-order valence-corrected chi connectivity index (χ0v) is 13.7. The predicted molar refractivity (Wildman–Crippen MR) is 82.2 cm³/mol. The summed E-state index contributed by atoms with van der Waals surface area (Å²) >= 11 is 3.54. The Balaban J connectivity index is 2.58. The second kappa shape index (κ2) is 7.39. The lowest BCUT2D eigenvalue weighted by Crippen LogP contribution is -2.29. The fourth-order valence-corrected chi connectivity index (χ4v) is 2.26. The number of benzene rings is 1. The molecule has 0 aliphatic rings. The first-order valence-corrected chi connectivity index (χ1v) is 7.36. The number of halogens is 1. The van der Waals surface area contributed by atoms with Crippen LogP contribution in [0.25, 0.3) is 0 Å². The Morgan fingerprint density at radius 2 is 1.84 bits per heavy atom. The predicted octanol–water partition coefficient (Wildman–Crippen LogP) is 3.67. The van der Waals surface area contributed by atoms with E-state index in [4.69, 9.17) is 15.2 Å². The van der Waals surface area contributed by atoms with Crippen molar-refractivity contribution >= 4 is 15.9 Å². The van der Waals surface area contributed by atoms with E-state index in [2.05, 4.69) is 15.9 Å². The van der Waals surface area contributed by atoms with Crippen molar-refractivity contribution in [1.29, 1.82) is 0 Å². The minimum absolute atomic E-state index is 0.0756. The molecule has 0 fully saturated rings. The first-order valence-electron chi connectivity index (χ1n) is 6.57. The summed E-state index contributed by atoms with van der Waals surface area (Å²) in [6.45, 7) is 9.15. The molecule has 0 bridgehead atoms. The van der Waals surface area contributed by atoms with Crippen LogP contribution in [0.15, 0.2) is 28.7 Å². The van der Waals surface area contributed by atoms with Crippen molar-refractivity contribution in [3.63, 3.8) is 0 Å². The molecule has 0 spiro atoms. The van der Waals surface area contributed by atoms with Gasteiger partial charge in [-0.1, -0.05) is 34.1 Å². The molecule has 4 heteroatoms. The van der Waals surface area contributed by atoms with Crippen LogP contribution < -0.4 is 5.73 Å². The first kappa shape index (κ1) is 16.6. The van der Waals surface area contributed by atoms with Crippen LogP contribution in [0, 0.1) is 0 Å². The highest BCUT2D eigenvalue weighted by Gasteiger charge is 2.19. The molecule has 0 saturated carbocycles. The van der Waals surface area contributed by atoms with Crippen molar-refractivity contribution < 1.29 is 9.47 Å². The van der Waals surface area contributed by atoms with Gasteiger partial charge in [0.15, 0.2) is 0 Å². The average Bonchev–Trinajstić information content (AvgIpc) is 2.29. The lowest BCUT2D eigenvalue weighted by molar-refractivity contribution is -0.0559. The van der Waals surface area contributed by atoms with Crippen LogP contribution in [-0.4, -0.2) is 24.9 Å². The van der Waals surface area contributed by atoms with Crippen molar-refractivity contribution in [2.75, 3.05) is 13.2 Å². The maximum Gasteiger partial charge on any atom is 0.0985 e. The zero-order valence-electron chi connectivity index (χ0n) is 12.2. The molecule has 2 unspecified atom stereocenters. The second-order valence-electron chi connectivity index (χ2n) is 5.63. The molecule has 0 aliphatic heterocycles. The average molecular weight is 330 g/mol. The van der Waals surface area contributed by atoms with Crippen molar-refractivity contribution in [2.45, 2.75) is 45.4 Å². The van der Waals surface area contributed by atoms with Crippen LogP contribution in [-0.2, 0) is 9.47 Å². The lowest BCUT2D eigenvalue weighted by atomic mass is 10.0. The summed E-state index contributed by atoms with van der Waals surface area (Å²) in [5.74, 6) is 0. The summed E-state index contributed by atoms with van der Waals surface area (Å²) in [7, 11) is 0. The van der Waals surface area contributed by atoms with Crippen LogP contribution in [0.4, 0.5) is 0 Å². The van der Waals surface area contributed by atoms with E-state index < -0.39 is 0 Å². The van der Waals surface area contributed by atoms with Gasteiger partial charge in [0.2, 0.25) is 0 Å². The van der Waals surface area contributed by atoms with Gasteiger partial charge in [0.25, 0.3) is 0 Å². The standard InChI is InChI=1S/C15H24BrNO2/c1-11(17)14(12-7-5-6-8-13(12)16)18-9-10-19-15(2,3)4/h5-8,11,14H,9-10,17H2,1-4H3. The van der Waals surface area contributed by atoms with E-state index in [9.17, 15) is 0 Å². The van der Waals surface area contributed by atoms with E-state index in [1.165, 1.54) is 0 Å². The van der Waals surface area contributed by atoms with Crippen molar-refractivity contribution in [2.24, 2.45) is 5.73 Å². The topological polar surface area (TPSA) is 44.5 Å². The maximum absolute atomic E-state index is 6.02. The zero-order chi connectivity index (χ0) is 14.5. The largest absolute Gasteiger partial charge is 0.373 e. The third-order valence-electron chi connectivity index (χ3n) is 2.61. The Morgan fingerprint density at radius 1 is 1.21 bits per heavy atom. The van der Waals surface area contributed by atoms with Crippen molar-refractivity contribution in [3.05, 3.63) is 34.3 Å². The molecule has 1 rings (SSSR count). The lowest BCUT2D eigenvalue weighted by Gasteiger charge is -2.25. The number of rotatable bonds is 6. The highest BCUT2D eigenvalue weighted by atomic mass is 79.9. The Kier molecular flexibility index (Phi) is 6.47. The number of nitrogens with two attached hydrogens (primary N) is 1. The summed E-state index contributed by atoms with van der Waals surface area (Å²) in [4.78, 5) is 0. The molecule has 108 valence electrons. The van der Waals surface area contributed by atoms with Crippen LogP contribution in [0.3, 0.4) is 0 Å². The molecular formula is C15H24BrNO2. The summed E-state index contributed by atoms with van der Waals surface area (Å²) in [6.07, 6.45) is -0.126. The Hall–Kier alpha value is -0.420. The minimum Gasteiger partial charge on any atom is -0.373 e. The number of hydrogen-bond donors (Lipinski definition) is 1. The van der Waals surface area contributed by atoms with Gasteiger partial charge in [0, 0.05) is 10.5 Å². The van der Waals surface area contributed by atoms with Crippen molar-refractivity contribution in [3.8, 4) is 0 Å². The Morgan fingerprint density at radius 3 is 2.37 bits per heavy atom. The van der Waals surface area contributed by atoms with Gasteiger partial charge >= 0.3 is 0 Å². The second-order valence-corrected chi connectivity index (χ2v) is 6.49. The maximum atomic E-state index is 6.02. The molecular weight excluding hydrogens is 306 g/mol. The first-order chi connectivity index (χ1) is 8.81. The van der Waals surface area contributed by atoms with Crippen LogP contribution in [0.5, 0.6) is 0 Å². The van der Waals surface area contributed by atoms with Gasteiger partial charge in [-0.15, -0.1) is 0 Å². The Labute approximate surface area is 124 Å². The van der Waals surface area contributed by atoms with Gasteiger partial charge in [-0.05, 0) is 39.3 Å². The van der Waals surface area contributed by atoms with E-state index in [1.807, 2.05) is 52.0 Å². The van der Waals surface area contributed by atoms with Crippen molar-refractivity contribution in [1.82, 2.24) is 0 Å².